The number of carbonyl (C=O) groups is 2. The van der Waals surface area contributed by atoms with Gasteiger partial charge in [-0.15, -0.1) is 22.7 Å². The molecule has 0 bridgehead atoms. The first kappa shape index (κ1) is 16.0. The fourth-order valence-electron chi connectivity index (χ4n) is 2.81. The zero-order valence-electron chi connectivity index (χ0n) is 13.2. The van der Waals surface area contributed by atoms with E-state index in [-0.39, 0.29) is 17.9 Å². The number of thiophene rings is 1. The lowest BCUT2D eigenvalue weighted by Crippen LogP contribution is -2.37. The van der Waals surface area contributed by atoms with E-state index in [1.54, 1.807) is 21.6 Å². The number of aromatic nitrogens is 1. The molecule has 1 fully saturated rings. The molecule has 1 aliphatic heterocycles. The highest BCUT2D eigenvalue weighted by Crippen LogP contribution is 2.28. The number of hydrogen-bond donors (Lipinski definition) is 1. The zero-order valence-corrected chi connectivity index (χ0v) is 14.8. The number of nitrogens with one attached hydrogen (secondary N) is 1. The number of anilines is 1. The van der Waals surface area contributed by atoms with Gasteiger partial charge < -0.3 is 10.2 Å². The maximum absolute atomic E-state index is 12.4. The Morgan fingerprint density at radius 1 is 1.16 bits per heavy atom. The lowest BCUT2D eigenvalue weighted by atomic mass is 10.2. The van der Waals surface area contributed by atoms with Crippen LogP contribution in [0.2, 0.25) is 0 Å². The minimum Gasteiger partial charge on any atom is -0.346 e. The van der Waals surface area contributed by atoms with Crippen molar-refractivity contribution in [3.63, 3.8) is 0 Å². The first-order valence-electron chi connectivity index (χ1n) is 7.86. The van der Waals surface area contributed by atoms with Crippen LogP contribution in [0.3, 0.4) is 0 Å². The number of thiazole rings is 1. The second-order valence-electron chi connectivity index (χ2n) is 5.73. The summed E-state index contributed by atoms with van der Waals surface area (Å²) in [7, 11) is 0. The van der Waals surface area contributed by atoms with E-state index in [1.165, 1.54) is 11.3 Å². The zero-order chi connectivity index (χ0) is 17.2. The summed E-state index contributed by atoms with van der Waals surface area (Å²) in [5.41, 5.74) is 1.26. The van der Waals surface area contributed by atoms with Gasteiger partial charge in [0.05, 0.1) is 10.9 Å². The number of rotatable bonds is 4. The van der Waals surface area contributed by atoms with E-state index >= 15 is 0 Å². The highest BCUT2D eigenvalue weighted by molar-refractivity contribution is 7.20. The molecule has 3 aromatic rings. The van der Waals surface area contributed by atoms with E-state index in [0.717, 1.165) is 15.6 Å². The fraction of sp³-hybridized carbons (Fsp3) is 0.167. The van der Waals surface area contributed by atoms with Crippen LogP contribution in [0.1, 0.15) is 16.9 Å². The van der Waals surface area contributed by atoms with Crippen molar-refractivity contribution in [3.05, 3.63) is 58.9 Å². The van der Waals surface area contributed by atoms with Crippen molar-refractivity contribution >= 4 is 40.2 Å². The maximum Gasteiger partial charge on any atom is 0.271 e. The van der Waals surface area contributed by atoms with Gasteiger partial charge in [0, 0.05) is 24.0 Å². The van der Waals surface area contributed by atoms with E-state index in [0.29, 0.717) is 18.7 Å². The Balaban J connectivity index is 1.43. The SMILES string of the molecule is O=C(N[C@@H]1CC(=O)N(c2ccccc2)C1)c1csc(-c2cccs2)n1. The third-order valence-corrected chi connectivity index (χ3v) is 5.88. The molecule has 25 heavy (non-hydrogen) atoms. The largest absolute Gasteiger partial charge is 0.346 e. The standard InChI is InChI=1S/C18H15N3O2S2/c22-16-9-12(10-21(16)13-5-2-1-3-6-13)19-17(23)14-11-25-18(20-14)15-7-4-8-24-15/h1-8,11-12H,9-10H2,(H,19,23)/t12-/m1/s1. The van der Waals surface area contributed by atoms with Crippen molar-refractivity contribution in [2.24, 2.45) is 0 Å². The first-order chi connectivity index (χ1) is 12.2. The van der Waals surface area contributed by atoms with Gasteiger partial charge in [0.2, 0.25) is 5.91 Å². The van der Waals surface area contributed by atoms with Crippen molar-refractivity contribution in [2.45, 2.75) is 12.5 Å². The van der Waals surface area contributed by atoms with Crippen molar-refractivity contribution in [1.29, 1.82) is 0 Å². The van der Waals surface area contributed by atoms with Crippen LogP contribution in [0, 0.1) is 0 Å². The van der Waals surface area contributed by atoms with Crippen LogP contribution in [0.4, 0.5) is 5.69 Å². The van der Waals surface area contributed by atoms with Crippen LogP contribution in [0.15, 0.2) is 53.2 Å². The van der Waals surface area contributed by atoms with Gasteiger partial charge >= 0.3 is 0 Å². The van der Waals surface area contributed by atoms with Gasteiger partial charge in [0.15, 0.2) is 0 Å². The van der Waals surface area contributed by atoms with E-state index in [2.05, 4.69) is 10.3 Å². The molecule has 0 unspecified atom stereocenters. The minimum atomic E-state index is -0.230. The smallest absolute Gasteiger partial charge is 0.271 e. The third-order valence-electron chi connectivity index (χ3n) is 4.00. The molecule has 0 radical (unpaired) electrons. The molecule has 0 saturated carbocycles. The molecule has 0 spiro atoms. The van der Waals surface area contributed by atoms with Crippen LogP contribution in [0.5, 0.6) is 0 Å². The summed E-state index contributed by atoms with van der Waals surface area (Å²) in [4.78, 5) is 31.8. The van der Waals surface area contributed by atoms with Gasteiger partial charge in [-0.2, -0.15) is 0 Å². The summed E-state index contributed by atoms with van der Waals surface area (Å²) < 4.78 is 0. The molecule has 3 heterocycles. The number of benzene rings is 1. The molecule has 0 aliphatic carbocycles. The van der Waals surface area contributed by atoms with Crippen molar-refractivity contribution in [3.8, 4) is 9.88 Å². The monoisotopic (exact) mass is 369 g/mol. The predicted octanol–water partition coefficient (Wildman–Crippen LogP) is 3.41. The molecule has 5 nitrogen and oxygen atoms in total. The summed E-state index contributed by atoms with van der Waals surface area (Å²) >= 11 is 3.05. The van der Waals surface area contributed by atoms with Crippen LogP contribution < -0.4 is 10.2 Å². The van der Waals surface area contributed by atoms with Gasteiger partial charge in [-0.1, -0.05) is 24.3 Å². The van der Waals surface area contributed by atoms with E-state index < -0.39 is 0 Å². The molecule has 1 aromatic carbocycles. The highest BCUT2D eigenvalue weighted by Gasteiger charge is 2.32. The molecular weight excluding hydrogens is 354 g/mol. The van der Waals surface area contributed by atoms with E-state index in [1.807, 2.05) is 47.8 Å². The Labute approximate surface area is 152 Å². The topological polar surface area (TPSA) is 62.3 Å². The Hall–Kier alpha value is -2.51. The summed E-state index contributed by atoms with van der Waals surface area (Å²) in [6.07, 6.45) is 0.308. The second-order valence-corrected chi connectivity index (χ2v) is 7.54. The van der Waals surface area contributed by atoms with Crippen molar-refractivity contribution in [1.82, 2.24) is 10.3 Å². The molecule has 126 valence electrons. The quantitative estimate of drug-likeness (QED) is 0.767. The van der Waals surface area contributed by atoms with Crippen molar-refractivity contribution < 1.29 is 9.59 Å². The lowest BCUT2D eigenvalue weighted by molar-refractivity contribution is -0.117. The number of amides is 2. The fourth-order valence-corrected chi connectivity index (χ4v) is 4.43. The lowest BCUT2D eigenvalue weighted by Gasteiger charge is -2.16. The number of carbonyl (C=O) groups excluding carboxylic acids is 2. The van der Waals surface area contributed by atoms with Gasteiger partial charge in [-0.3, -0.25) is 9.59 Å². The minimum absolute atomic E-state index is 0.0223. The van der Waals surface area contributed by atoms with Crippen LogP contribution in [-0.2, 0) is 4.79 Å². The van der Waals surface area contributed by atoms with Gasteiger partial charge in [0.25, 0.3) is 5.91 Å². The average molecular weight is 369 g/mol. The summed E-state index contributed by atoms with van der Waals surface area (Å²) in [6.45, 7) is 0.483. The van der Waals surface area contributed by atoms with Crippen LogP contribution in [-0.4, -0.2) is 29.4 Å². The van der Waals surface area contributed by atoms with Crippen molar-refractivity contribution in [2.75, 3.05) is 11.4 Å². The van der Waals surface area contributed by atoms with Gasteiger partial charge in [0.1, 0.15) is 10.7 Å². The first-order valence-corrected chi connectivity index (χ1v) is 9.62. The summed E-state index contributed by atoms with van der Waals surface area (Å²) in [5, 5.41) is 7.52. The number of nitrogens with zero attached hydrogens (tertiary/aromatic N) is 2. The molecule has 1 N–H and O–H groups in total. The second kappa shape index (κ2) is 6.78. The third kappa shape index (κ3) is 3.33. The molecule has 1 aliphatic rings. The summed E-state index contributed by atoms with van der Waals surface area (Å²) in [6, 6.07) is 13.3. The molecule has 4 rings (SSSR count). The normalized spacial score (nSPS) is 17.0. The maximum atomic E-state index is 12.4. The highest BCUT2D eigenvalue weighted by atomic mass is 32.1. The van der Waals surface area contributed by atoms with Crippen LogP contribution in [0.25, 0.3) is 9.88 Å². The molecular formula is C18H15N3O2S2. The Morgan fingerprint density at radius 2 is 2.00 bits per heavy atom. The number of hydrogen-bond acceptors (Lipinski definition) is 5. The average Bonchev–Trinajstić information content (AvgIpc) is 3.36. The Morgan fingerprint density at radius 3 is 2.76 bits per heavy atom. The summed E-state index contributed by atoms with van der Waals surface area (Å²) in [5.74, 6) is -0.208. The van der Waals surface area contributed by atoms with E-state index in [4.69, 9.17) is 0 Å². The van der Waals surface area contributed by atoms with Gasteiger partial charge in [-0.25, -0.2) is 4.98 Å². The Kier molecular flexibility index (Phi) is 4.33. The molecule has 1 saturated heterocycles. The Bertz CT molecular complexity index is 890. The molecule has 7 heteroatoms. The predicted molar refractivity (Wildman–Crippen MR) is 100 cm³/mol. The van der Waals surface area contributed by atoms with Gasteiger partial charge in [-0.05, 0) is 23.6 Å². The van der Waals surface area contributed by atoms with E-state index in [9.17, 15) is 9.59 Å². The number of para-hydroxylation sites is 1. The molecule has 1 atom stereocenters. The van der Waals surface area contributed by atoms with Crippen LogP contribution >= 0.6 is 22.7 Å². The molecule has 2 amide bonds. The molecule has 2 aromatic heterocycles.